The molecule has 98 valence electrons. The van der Waals surface area contributed by atoms with Gasteiger partial charge in [-0.1, -0.05) is 13.8 Å². The van der Waals surface area contributed by atoms with Gasteiger partial charge in [-0.15, -0.1) is 12.3 Å². The Bertz CT molecular complexity index is 234. The van der Waals surface area contributed by atoms with E-state index in [1.54, 1.807) is 0 Å². The standard InChI is InChI=1S/C15H28N2/c1-4-5-6-7-15(17-16)14-10-8-13(9-11-14)12(2)3/h1,12-15,17H,5-11,16H2,2-3H3. The first-order valence-corrected chi connectivity index (χ1v) is 7.08. The van der Waals surface area contributed by atoms with Crippen molar-refractivity contribution in [2.45, 2.75) is 64.8 Å². The minimum Gasteiger partial charge on any atom is -0.271 e. The molecule has 1 aliphatic carbocycles. The van der Waals surface area contributed by atoms with Crippen LogP contribution in [0.1, 0.15) is 58.8 Å². The molecule has 0 bridgehead atoms. The maximum absolute atomic E-state index is 5.68. The second-order valence-electron chi connectivity index (χ2n) is 5.79. The predicted octanol–water partition coefficient (Wildman–Crippen LogP) is 3.08. The highest BCUT2D eigenvalue weighted by molar-refractivity contribution is 4.86. The molecule has 1 fully saturated rings. The van der Waals surface area contributed by atoms with Gasteiger partial charge in [0.05, 0.1) is 0 Å². The van der Waals surface area contributed by atoms with Gasteiger partial charge in [-0.3, -0.25) is 11.3 Å². The minimum atomic E-state index is 0.469. The van der Waals surface area contributed by atoms with Crippen LogP contribution in [0, 0.1) is 30.1 Å². The van der Waals surface area contributed by atoms with Crippen molar-refractivity contribution >= 4 is 0 Å². The lowest BCUT2D eigenvalue weighted by Crippen LogP contribution is -2.42. The highest BCUT2D eigenvalue weighted by Gasteiger charge is 2.27. The zero-order valence-corrected chi connectivity index (χ0v) is 11.4. The first kappa shape index (κ1) is 14.5. The van der Waals surface area contributed by atoms with Crippen LogP contribution in [-0.2, 0) is 0 Å². The summed E-state index contributed by atoms with van der Waals surface area (Å²) in [6.07, 6.45) is 13.8. The first-order chi connectivity index (χ1) is 8.19. The average Bonchev–Trinajstić information content (AvgIpc) is 2.35. The smallest absolute Gasteiger partial charge is 0.0239 e. The quantitative estimate of drug-likeness (QED) is 0.322. The third kappa shape index (κ3) is 4.69. The average molecular weight is 236 g/mol. The van der Waals surface area contributed by atoms with Crippen molar-refractivity contribution in [3.05, 3.63) is 0 Å². The SMILES string of the molecule is C#CCCCC(NN)C1CCC(C(C)C)CC1. The van der Waals surface area contributed by atoms with E-state index in [0.717, 1.165) is 37.0 Å². The third-order valence-corrected chi connectivity index (χ3v) is 4.38. The number of hydrogen-bond acceptors (Lipinski definition) is 2. The van der Waals surface area contributed by atoms with Crippen molar-refractivity contribution in [2.75, 3.05) is 0 Å². The fourth-order valence-corrected chi connectivity index (χ4v) is 3.09. The van der Waals surface area contributed by atoms with E-state index >= 15 is 0 Å². The summed E-state index contributed by atoms with van der Waals surface area (Å²) in [4.78, 5) is 0. The van der Waals surface area contributed by atoms with E-state index < -0.39 is 0 Å². The number of hydrogen-bond donors (Lipinski definition) is 2. The number of rotatable bonds is 6. The molecule has 0 aromatic heterocycles. The lowest BCUT2D eigenvalue weighted by molar-refractivity contribution is 0.183. The molecule has 1 unspecified atom stereocenters. The molecule has 0 heterocycles. The van der Waals surface area contributed by atoms with Gasteiger partial charge in [-0.05, 0) is 56.3 Å². The fourth-order valence-electron chi connectivity index (χ4n) is 3.09. The van der Waals surface area contributed by atoms with Crippen LogP contribution in [0.2, 0.25) is 0 Å². The van der Waals surface area contributed by atoms with E-state index in [0.29, 0.717) is 6.04 Å². The van der Waals surface area contributed by atoms with Crippen LogP contribution >= 0.6 is 0 Å². The largest absolute Gasteiger partial charge is 0.271 e. The van der Waals surface area contributed by atoms with E-state index in [4.69, 9.17) is 12.3 Å². The van der Waals surface area contributed by atoms with Gasteiger partial charge < -0.3 is 0 Å². The van der Waals surface area contributed by atoms with Gasteiger partial charge in [-0.25, -0.2) is 0 Å². The molecule has 2 nitrogen and oxygen atoms in total. The molecule has 0 aromatic rings. The monoisotopic (exact) mass is 236 g/mol. The zero-order valence-electron chi connectivity index (χ0n) is 11.4. The predicted molar refractivity (Wildman–Crippen MR) is 74.1 cm³/mol. The molecule has 0 amide bonds. The lowest BCUT2D eigenvalue weighted by atomic mass is 9.74. The van der Waals surface area contributed by atoms with Gasteiger partial charge in [0, 0.05) is 12.5 Å². The third-order valence-electron chi connectivity index (χ3n) is 4.38. The highest BCUT2D eigenvalue weighted by Crippen LogP contribution is 2.35. The number of unbranched alkanes of at least 4 members (excludes halogenated alkanes) is 1. The molecule has 1 saturated carbocycles. The number of nitrogens with one attached hydrogen (secondary N) is 1. The molecule has 0 radical (unpaired) electrons. The number of terminal acetylenes is 1. The highest BCUT2D eigenvalue weighted by atomic mass is 15.2. The van der Waals surface area contributed by atoms with Gasteiger partial charge >= 0.3 is 0 Å². The maximum atomic E-state index is 5.68. The first-order valence-electron chi connectivity index (χ1n) is 7.08. The second kappa shape index (κ2) is 7.74. The summed E-state index contributed by atoms with van der Waals surface area (Å²) < 4.78 is 0. The fraction of sp³-hybridized carbons (Fsp3) is 0.867. The van der Waals surface area contributed by atoms with Crippen LogP contribution in [0.4, 0.5) is 0 Å². The van der Waals surface area contributed by atoms with E-state index in [9.17, 15) is 0 Å². The van der Waals surface area contributed by atoms with E-state index in [-0.39, 0.29) is 0 Å². The molecule has 3 N–H and O–H groups in total. The van der Waals surface area contributed by atoms with Gasteiger partial charge in [0.15, 0.2) is 0 Å². The van der Waals surface area contributed by atoms with Crippen LogP contribution in [0.25, 0.3) is 0 Å². The van der Waals surface area contributed by atoms with Crippen LogP contribution in [-0.4, -0.2) is 6.04 Å². The molecule has 1 aliphatic rings. The molecule has 0 spiro atoms. The summed E-state index contributed by atoms with van der Waals surface area (Å²) in [5.74, 6) is 10.9. The minimum absolute atomic E-state index is 0.469. The topological polar surface area (TPSA) is 38.0 Å². The molecule has 1 atom stereocenters. The molecule has 0 aliphatic heterocycles. The van der Waals surface area contributed by atoms with Crippen LogP contribution < -0.4 is 11.3 Å². The van der Waals surface area contributed by atoms with Gasteiger partial charge in [0.1, 0.15) is 0 Å². The summed E-state index contributed by atoms with van der Waals surface area (Å²) in [7, 11) is 0. The van der Waals surface area contributed by atoms with E-state index in [2.05, 4.69) is 25.2 Å². The molecule has 0 aromatic carbocycles. The number of hydrazine groups is 1. The number of nitrogens with two attached hydrogens (primary N) is 1. The van der Waals surface area contributed by atoms with Gasteiger partial charge in [0.2, 0.25) is 0 Å². The Balaban J connectivity index is 2.32. The Morgan fingerprint density at radius 3 is 2.29 bits per heavy atom. The normalized spacial score (nSPS) is 26.8. The van der Waals surface area contributed by atoms with Crippen LogP contribution in [0.3, 0.4) is 0 Å². The van der Waals surface area contributed by atoms with E-state index in [1.165, 1.54) is 25.7 Å². The zero-order chi connectivity index (χ0) is 12.7. The Labute approximate surface area is 107 Å². The van der Waals surface area contributed by atoms with Gasteiger partial charge in [-0.2, -0.15) is 0 Å². The summed E-state index contributed by atoms with van der Waals surface area (Å²) in [6, 6.07) is 0.469. The Morgan fingerprint density at radius 2 is 1.82 bits per heavy atom. The summed E-state index contributed by atoms with van der Waals surface area (Å²) in [5, 5.41) is 0. The van der Waals surface area contributed by atoms with Crippen molar-refractivity contribution in [3.63, 3.8) is 0 Å². The Hall–Kier alpha value is -0.520. The molecular weight excluding hydrogens is 208 g/mol. The lowest BCUT2D eigenvalue weighted by Gasteiger charge is -2.35. The molecule has 1 rings (SSSR count). The Morgan fingerprint density at radius 1 is 1.24 bits per heavy atom. The van der Waals surface area contributed by atoms with Crippen molar-refractivity contribution in [1.82, 2.24) is 5.43 Å². The van der Waals surface area contributed by atoms with Crippen molar-refractivity contribution in [2.24, 2.45) is 23.6 Å². The molecular formula is C15H28N2. The van der Waals surface area contributed by atoms with Crippen molar-refractivity contribution in [3.8, 4) is 12.3 Å². The second-order valence-corrected chi connectivity index (χ2v) is 5.79. The molecule has 17 heavy (non-hydrogen) atoms. The molecule has 2 heteroatoms. The molecule has 0 saturated heterocycles. The van der Waals surface area contributed by atoms with E-state index in [1.807, 2.05) is 0 Å². The summed E-state index contributed by atoms with van der Waals surface area (Å²) >= 11 is 0. The van der Waals surface area contributed by atoms with Crippen LogP contribution in [0.5, 0.6) is 0 Å². The Kier molecular flexibility index (Phi) is 6.62. The van der Waals surface area contributed by atoms with Crippen molar-refractivity contribution < 1.29 is 0 Å². The summed E-state index contributed by atoms with van der Waals surface area (Å²) in [6.45, 7) is 4.69. The van der Waals surface area contributed by atoms with Gasteiger partial charge in [0.25, 0.3) is 0 Å². The van der Waals surface area contributed by atoms with Crippen LogP contribution in [0.15, 0.2) is 0 Å². The summed E-state index contributed by atoms with van der Waals surface area (Å²) in [5.41, 5.74) is 3.01. The van der Waals surface area contributed by atoms with Crippen molar-refractivity contribution in [1.29, 1.82) is 0 Å². The maximum Gasteiger partial charge on any atom is 0.0239 e.